The first-order valence-corrected chi connectivity index (χ1v) is 12.3. The molecule has 7 heteroatoms. The van der Waals surface area contributed by atoms with Gasteiger partial charge in [0.05, 0.1) is 23.3 Å². The lowest BCUT2D eigenvalue weighted by molar-refractivity contribution is -0.134. The molecule has 1 atom stereocenters. The van der Waals surface area contributed by atoms with E-state index in [-0.39, 0.29) is 30.2 Å². The van der Waals surface area contributed by atoms with Crippen molar-refractivity contribution in [2.75, 3.05) is 0 Å². The van der Waals surface area contributed by atoms with E-state index in [1.165, 1.54) is 18.9 Å². The molecule has 1 unspecified atom stereocenters. The zero-order valence-corrected chi connectivity index (χ0v) is 19.1. The molecule has 1 fully saturated rings. The molecule has 0 saturated heterocycles. The Morgan fingerprint density at radius 1 is 1.19 bits per heavy atom. The van der Waals surface area contributed by atoms with Crippen molar-refractivity contribution < 1.29 is 14.0 Å². The predicted octanol–water partition coefficient (Wildman–Crippen LogP) is 5.10. The molecular formula is C25H28FN3O2S. The zero-order valence-electron chi connectivity index (χ0n) is 18.3. The third kappa shape index (κ3) is 3.62. The summed E-state index contributed by atoms with van der Waals surface area (Å²) in [6.45, 7) is 2.22. The Balaban J connectivity index is 1.53. The number of fused-ring (bicyclic) bond motifs is 3. The van der Waals surface area contributed by atoms with Crippen LogP contribution in [0, 0.1) is 5.82 Å². The van der Waals surface area contributed by atoms with Gasteiger partial charge in [-0.1, -0.05) is 43.9 Å². The lowest BCUT2D eigenvalue weighted by Crippen LogP contribution is -2.64. The van der Waals surface area contributed by atoms with Crippen LogP contribution in [0.2, 0.25) is 0 Å². The topological polar surface area (TPSA) is 54.3 Å². The van der Waals surface area contributed by atoms with Crippen LogP contribution in [0.5, 0.6) is 0 Å². The second-order valence-corrected chi connectivity index (χ2v) is 10.2. The molecule has 168 valence electrons. The number of aromatic nitrogens is 1. The maximum absolute atomic E-state index is 14.5. The molecule has 1 aromatic carbocycles. The fourth-order valence-electron chi connectivity index (χ4n) is 5.08. The Morgan fingerprint density at radius 3 is 2.69 bits per heavy atom. The minimum absolute atomic E-state index is 0.0545. The Labute approximate surface area is 191 Å². The Kier molecular flexibility index (Phi) is 5.53. The average Bonchev–Trinajstić information content (AvgIpc) is 3.27. The van der Waals surface area contributed by atoms with Crippen molar-refractivity contribution in [3.8, 4) is 0 Å². The number of benzene rings is 1. The van der Waals surface area contributed by atoms with Gasteiger partial charge < -0.3 is 14.8 Å². The van der Waals surface area contributed by atoms with Crippen LogP contribution in [-0.2, 0) is 17.9 Å². The number of halogens is 1. The Morgan fingerprint density at radius 2 is 1.94 bits per heavy atom. The maximum atomic E-state index is 14.5. The largest absolute Gasteiger partial charge is 0.351 e. The zero-order chi connectivity index (χ0) is 22.3. The van der Waals surface area contributed by atoms with Crippen LogP contribution in [-0.4, -0.2) is 32.9 Å². The quantitative estimate of drug-likeness (QED) is 0.559. The molecule has 1 N–H and O–H groups in total. The lowest BCUT2D eigenvalue weighted by Gasteiger charge is -2.44. The standard InChI is InChI=1S/C25H28FN3O2S/c1-25(24(31)27-18-9-4-2-3-5-10-18)16-28-20-12-13-32-22(20)14-21(28)23(30)29(25)15-17-8-6-7-11-19(17)26/h6-8,11-14,18H,2-5,9-10,15-16H2,1H3,(H,27,31). The molecular weight excluding hydrogens is 425 g/mol. The molecule has 3 heterocycles. The number of hydrogen-bond donors (Lipinski definition) is 1. The molecule has 2 aliphatic rings. The van der Waals surface area contributed by atoms with Crippen LogP contribution in [0.15, 0.2) is 41.8 Å². The Hall–Kier alpha value is -2.67. The summed E-state index contributed by atoms with van der Waals surface area (Å²) in [4.78, 5) is 29.0. The van der Waals surface area contributed by atoms with Crippen molar-refractivity contribution in [1.82, 2.24) is 14.8 Å². The molecule has 5 rings (SSSR count). The molecule has 1 aliphatic heterocycles. The second kappa shape index (κ2) is 8.35. The highest BCUT2D eigenvalue weighted by Crippen LogP contribution is 2.35. The highest BCUT2D eigenvalue weighted by atomic mass is 32.1. The summed E-state index contributed by atoms with van der Waals surface area (Å²) in [5, 5.41) is 5.24. The smallest absolute Gasteiger partial charge is 0.271 e. The average molecular weight is 454 g/mol. The summed E-state index contributed by atoms with van der Waals surface area (Å²) in [5.41, 5.74) is 0.823. The SMILES string of the molecule is CC1(C(=O)NC2CCCCCC2)Cn2c(cc3sccc32)C(=O)N1Cc1ccccc1F. The summed E-state index contributed by atoms with van der Waals surface area (Å²) >= 11 is 1.58. The monoisotopic (exact) mass is 453 g/mol. The van der Waals surface area contributed by atoms with Gasteiger partial charge in [0.2, 0.25) is 5.91 Å². The molecule has 2 aromatic heterocycles. The Bertz CT molecular complexity index is 1160. The van der Waals surface area contributed by atoms with E-state index in [9.17, 15) is 14.0 Å². The van der Waals surface area contributed by atoms with Gasteiger partial charge in [-0.3, -0.25) is 9.59 Å². The number of carbonyl (C=O) groups is 2. The highest BCUT2D eigenvalue weighted by Gasteiger charge is 2.48. The number of carbonyl (C=O) groups excluding carboxylic acids is 2. The molecule has 1 saturated carbocycles. The second-order valence-electron chi connectivity index (χ2n) is 9.20. The molecule has 0 radical (unpaired) electrons. The third-order valence-corrected chi connectivity index (χ3v) is 7.87. The van der Waals surface area contributed by atoms with Crippen LogP contribution in [0.4, 0.5) is 4.39 Å². The first-order valence-electron chi connectivity index (χ1n) is 11.4. The maximum Gasteiger partial charge on any atom is 0.271 e. The molecule has 3 aromatic rings. The number of hydrogen-bond acceptors (Lipinski definition) is 3. The summed E-state index contributed by atoms with van der Waals surface area (Å²) in [5.74, 6) is -0.757. The van der Waals surface area contributed by atoms with E-state index in [1.54, 1.807) is 34.4 Å². The first kappa shape index (κ1) is 21.2. The summed E-state index contributed by atoms with van der Waals surface area (Å²) in [6.07, 6.45) is 6.54. The van der Waals surface area contributed by atoms with Gasteiger partial charge >= 0.3 is 0 Å². The van der Waals surface area contributed by atoms with Crippen LogP contribution in [0.1, 0.15) is 61.5 Å². The minimum atomic E-state index is -1.12. The minimum Gasteiger partial charge on any atom is -0.351 e. The molecule has 5 nitrogen and oxygen atoms in total. The van der Waals surface area contributed by atoms with Gasteiger partial charge in [0.1, 0.15) is 17.1 Å². The van der Waals surface area contributed by atoms with E-state index in [1.807, 2.05) is 29.0 Å². The van der Waals surface area contributed by atoms with Gasteiger partial charge in [0.15, 0.2) is 0 Å². The van der Waals surface area contributed by atoms with E-state index in [4.69, 9.17) is 0 Å². The van der Waals surface area contributed by atoms with Gasteiger partial charge in [-0.15, -0.1) is 11.3 Å². The summed E-state index contributed by atoms with van der Waals surface area (Å²) < 4.78 is 17.5. The number of rotatable bonds is 4. The van der Waals surface area contributed by atoms with Crippen LogP contribution in [0.3, 0.4) is 0 Å². The van der Waals surface area contributed by atoms with E-state index >= 15 is 0 Å². The number of nitrogens with zero attached hydrogens (tertiary/aromatic N) is 2. The van der Waals surface area contributed by atoms with Crippen molar-refractivity contribution >= 4 is 33.4 Å². The number of nitrogens with one attached hydrogen (secondary N) is 1. The van der Waals surface area contributed by atoms with E-state index < -0.39 is 5.54 Å². The van der Waals surface area contributed by atoms with E-state index in [2.05, 4.69) is 5.32 Å². The normalized spacial score (nSPS) is 22.1. The van der Waals surface area contributed by atoms with E-state index in [0.717, 1.165) is 35.9 Å². The third-order valence-electron chi connectivity index (χ3n) is 7.01. The number of thiophene rings is 1. The van der Waals surface area contributed by atoms with Crippen LogP contribution in [0.25, 0.3) is 10.2 Å². The van der Waals surface area contributed by atoms with Crippen molar-refractivity contribution in [2.45, 2.75) is 70.1 Å². The molecule has 2 amide bonds. The van der Waals surface area contributed by atoms with Crippen molar-refractivity contribution in [3.63, 3.8) is 0 Å². The van der Waals surface area contributed by atoms with Crippen LogP contribution >= 0.6 is 11.3 Å². The molecule has 32 heavy (non-hydrogen) atoms. The van der Waals surface area contributed by atoms with Gasteiger partial charge in [0.25, 0.3) is 5.91 Å². The van der Waals surface area contributed by atoms with Gasteiger partial charge in [-0.25, -0.2) is 4.39 Å². The van der Waals surface area contributed by atoms with Gasteiger partial charge in [-0.05, 0) is 43.3 Å². The summed E-state index contributed by atoms with van der Waals surface area (Å²) in [6, 6.07) is 10.5. The highest BCUT2D eigenvalue weighted by molar-refractivity contribution is 7.17. The molecule has 0 bridgehead atoms. The fourth-order valence-corrected chi connectivity index (χ4v) is 5.90. The van der Waals surface area contributed by atoms with Crippen molar-refractivity contribution in [3.05, 3.63) is 58.9 Å². The van der Waals surface area contributed by atoms with Gasteiger partial charge in [0, 0.05) is 11.6 Å². The summed E-state index contributed by atoms with van der Waals surface area (Å²) in [7, 11) is 0. The van der Waals surface area contributed by atoms with Gasteiger partial charge in [-0.2, -0.15) is 0 Å². The number of amides is 2. The van der Waals surface area contributed by atoms with E-state index in [0.29, 0.717) is 17.8 Å². The lowest BCUT2D eigenvalue weighted by atomic mass is 9.93. The predicted molar refractivity (Wildman–Crippen MR) is 124 cm³/mol. The van der Waals surface area contributed by atoms with Crippen LogP contribution < -0.4 is 5.32 Å². The van der Waals surface area contributed by atoms with Crippen molar-refractivity contribution in [1.29, 1.82) is 0 Å². The first-order chi connectivity index (χ1) is 15.5. The van der Waals surface area contributed by atoms with Crippen molar-refractivity contribution in [2.24, 2.45) is 0 Å². The molecule has 1 aliphatic carbocycles. The molecule has 0 spiro atoms. The fraction of sp³-hybridized carbons (Fsp3) is 0.440.